The molecule has 1 aliphatic carbocycles. The molecule has 0 aliphatic heterocycles. The molecular formula is C17H26N4OS. The van der Waals surface area contributed by atoms with E-state index in [0.29, 0.717) is 18.4 Å². The van der Waals surface area contributed by atoms with E-state index >= 15 is 0 Å². The van der Waals surface area contributed by atoms with Crippen LogP contribution in [-0.4, -0.2) is 28.3 Å². The lowest BCUT2D eigenvalue weighted by atomic mass is 9.84. The lowest BCUT2D eigenvalue weighted by Crippen LogP contribution is -2.44. The van der Waals surface area contributed by atoms with E-state index in [0.717, 1.165) is 33.6 Å². The molecule has 1 aliphatic rings. The number of carbonyl (C=O) groups is 1. The summed E-state index contributed by atoms with van der Waals surface area (Å²) >= 11 is 1.52. The van der Waals surface area contributed by atoms with E-state index in [1.54, 1.807) is 0 Å². The van der Waals surface area contributed by atoms with Gasteiger partial charge in [-0.1, -0.05) is 26.7 Å². The monoisotopic (exact) mass is 334 g/mol. The van der Waals surface area contributed by atoms with Crippen LogP contribution in [0.25, 0.3) is 10.2 Å². The van der Waals surface area contributed by atoms with Crippen LogP contribution in [0.2, 0.25) is 0 Å². The van der Waals surface area contributed by atoms with Crippen LogP contribution < -0.4 is 11.1 Å². The summed E-state index contributed by atoms with van der Waals surface area (Å²) in [7, 11) is 1.94. The number of carbonyl (C=O) groups excluding carboxylic acids is 1. The molecule has 2 aromatic rings. The number of thiophene rings is 1. The summed E-state index contributed by atoms with van der Waals surface area (Å²) in [6.07, 6.45) is 4.56. The summed E-state index contributed by atoms with van der Waals surface area (Å²) in [5.74, 6) is 0.797. The molecule has 0 saturated heterocycles. The van der Waals surface area contributed by atoms with Gasteiger partial charge in [0, 0.05) is 18.5 Å². The highest BCUT2D eigenvalue weighted by Gasteiger charge is 2.27. The minimum Gasteiger partial charge on any atom is -0.348 e. The van der Waals surface area contributed by atoms with Crippen LogP contribution in [0.1, 0.15) is 60.8 Å². The summed E-state index contributed by atoms with van der Waals surface area (Å²) in [5, 5.41) is 8.89. The van der Waals surface area contributed by atoms with E-state index in [4.69, 9.17) is 5.73 Å². The van der Waals surface area contributed by atoms with E-state index in [-0.39, 0.29) is 11.9 Å². The first-order valence-electron chi connectivity index (χ1n) is 8.48. The van der Waals surface area contributed by atoms with E-state index in [9.17, 15) is 4.79 Å². The van der Waals surface area contributed by atoms with Gasteiger partial charge in [0.15, 0.2) is 0 Å². The van der Waals surface area contributed by atoms with Crippen molar-refractivity contribution in [3.63, 3.8) is 0 Å². The van der Waals surface area contributed by atoms with Crippen LogP contribution in [0.15, 0.2) is 6.07 Å². The third-order valence-corrected chi connectivity index (χ3v) is 6.04. The number of rotatable bonds is 4. The van der Waals surface area contributed by atoms with Crippen molar-refractivity contribution in [2.75, 3.05) is 6.54 Å². The first kappa shape index (κ1) is 16.5. The topological polar surface area (TPSA) is 72.9 Å². The first-order chi connectivity index (χ1) is 11.0. The Morgan fingerprint density at radius 3 is 2.91 bits per heavy atom. The second-order valence-corrected chi connectivity index (χ2v) is 7.88. The number of nitrogens with two attached hydrogens (primary N) is 1. The minimum absolute atomic E-state index is 0.0336. The SMILES string of the molecule is CC(C)c1nn(C)c2sc(C(=O)NC3CCCCC3CN)cc12. The Morgan fingerprint density at radius 1 is 1.48 bits per heavy atom. The van der Waals surface area contributed by atoms with E-state index in [1.807, 2.05) is 17.8 Å². The van der Waals surface area contributed by atoms with Crippen LogP contribution in [-0.2, 0) is 7.05 Å². The maximum Gasteiger partial charge on any atom is 0.261 e. The number of aromatic nitrogens is 2. The Kier molecular flexibility index (Phi) is 4.73. The minimum atomic E-state index is 0.0336. The van der Waals surface area contributed by atoms with Crippen LogP contribution in [0.3, 0.4) is 0 Å². The quantitative estimate of drug-likeness (QED) is 0.903. The summed E-state index contributed by atoms with van der Waals surface area (Å²) in [6.45, 7) is 4.92. The maximum atomic E-state index is 12.7. The highest BCUT2D eigenvalue weighted by molar-refractivity contribution is 7.20. The Hall–Kier alpha value is -1.40. The highest BCUT2D eigenvalue weighted by Crippen LogP contribution is 2.32. The van der Waals surface area contributed by atoms with Crippen LogP contribution >= 0.6 is 11.3 Å². The van der Waals surface area contributed by atoms with Gasteiger partial charge in [0.2, 0.25) is 0 Å². The second kappa shape index (κ2) is 6.61. The first-order valence-corrected chi connectivity index (χ1v) is 9.30. The largest absolute Gasteiger partial charge is 0.348 e. The number of nitrogens with zero attached hydrogens (tertiary/aromatic N) is 2. The van der Waals surface area contributed by atoms with Gasteiger partial charge in [-0.3, -0.25) is 9.48 Å². The molecule has 2 unspecified atom stereocenters. The van der Waals surface area contributed by atoms with Gasteiger partial charge in [0.25, 0.3) is 5.91 Å². The highest BCUT2D eigenvalue weighted by atomic mass is 32.1. The van der Waals surface area contributed by atoms with Crippen LogP contribution in [0.4, 0.5) is 0 Å². The smallest absolute Gasteiger partial charge is 0.261 e. The standard InChI is InChI=1S/C17H26N4OS/c1-10(2)15-12-8-14(23-17(12)21(3)20-15)16(22)19-13-7-5-4-6-11(13)9-18/h8,10-11,13H,4-7,9,18H2,1-3H3,(H,19,22). The molecular weight excluding hydrogens is 308 g/mol. The van der Waals surface area contributed by atoms with Crippen molar-refractivity contribution in [1.29, 1.82) is 0 Å². The molecule has 2 atom stereocenters. The lowest BCUT2D eigenvalue weighted by Gasteiger charge is -2.31. The molecule has 0 bridgehead atoms. The van der Waals surface area contributed by atoms with Gasteiger partial charge in [-0.15, -0.1) is 11.3 Å². The number of amides is 1. The molecule has 1 amide bonds. The van der Waals surface area contributed by atoms with Gasteiger partial charge in [-0.05, 0) is 37.3 Å². The van der Waals surface area contributed by atoms with Crippen molar-refractivity contribution >= 4 is 27.5 Å². The average molecular weight is 334 g/mol. The third kappa shape index (κ3) is 3.15. The number of nitrogens with one attached hydrogen (secondary N) is 1. The zero-order chi connectivity index (χ0) is 16.6. The Morgan fingerprint density at radius 2 is 2.22 bits per heavy atom. The van der Waals surface area contributed by atoms with Gasteiger partial charge in [-0.25, -0.2) is 0 Å². The average Bonchev–Trinajstić information content (AvgIpc) is 3.09. The molecule has 1 fully saturated rings. The number of aryl methyl sites for hydroxylation is 1. The normalized spacial score (nSPS) is 22.0. The molecule has 2 heterocycles. The number of hydrogen-bond acceptors (Lipinski definition) is 4. The maximum absolute atomic E-state index is 12.7. The molecule has 23 heavy (non-hydrogen) atoms. The molecule has 6 heteroatoms. The summed E-state index contributed by atoms with van der Waals surface area (Å²) in [4.78, 5) is 14.5. The molecule has 0 radical (unpaired) electrons. The molecule has 0 aromatic carbocycles. The van der Waals surface area contributed by atoms with E-state index in [2.05, 4.69) is 24.3 Å². The van der Waals surface area contributed by atoms with Crippen molar-refractivity contribution < 1.29 is 4.79 Å². The van der Waals surface area contributed by atoms with E-state index in [1.165, 1.54) is 24.2 Å². The van der Waals surface area contributed by atoms with Crippen LogP contribution in [0.5, 0.6) is 0 Å². The van der Waals surface area contributed by atoms with Gasteiger partial charge in [-0.2, -0.15) is 5.10 Å². The van der Waals surface area contributed by atoms with E-state index < -0.39 is 0 Å². The van der Waals surface area contributed by atoms with Gasteiger partial charge < -0.3 is 11.1 Å². The number of hydrogen-bond donors (Lipinski definition) is 2. The van der Waals surface area contributed by atoms with Gasteiger partial charge in [0.05, 0.1) is 10.6 Å². The summed E-state index contributed by atoms with van der Waals surface area (Å²) < 4.78 is 1.88. The summed E-state index contributed by atoms with van der Waals surface area (Å²) in [5.41, 5.74) is 6.93. The predicted octanol–water partition coefficient (Wildman–Crippen LogP) is 3.01. The zero-order valence-corrected chi connectivity index (χ0v) is 14.9. The molecule has 0 spiro atoms. The Labute approximate surface area is 141 Å². The van der Waals surface area contributed by atoms with Gasteiger partial charge >= 0.3 is 0 Å². The second-order valence-electron chi connectivity index (χ2n) is 6.85. The van der Waals surface area contributed by atoms with Crippen molar-refractivity contribution in [2.45, 2.75) is 51.5 Å². The lowest BCUT2D eigenvalue weighted by molar-refractivity contribution is 0.0912. The third-order valence-electron chi connectivity index (χ3n) is 4.84. The zero-order valence-electron chi connectivity index (χ0n) is 14.1. The van der Waals surface area contributed by atoms with Crippen molar-refractivity contribution in [3.05, 3.63) is 16.6 Å². The fraction of sp³-hybridized carbons (Fsp3) is 0.647. The molecule has 2 aromatic heterocycles. The molecule has 3 N–H and O–H groups in total. The fourth-order valence-corrected chi connectivity index (χ4v) is 4.51. The van der Waals surface area contributed by atoms with Crippen molar-refractivity contribution in [2.24, 2.45) is 18.7 Å². The van der Waals surface area contributed by atoms with Crippen molar-refractivity contribution in [3.8, 4) is 0 Å². The fourth-order valence-electron chi connectivity index (χ4n) is 3.52. The molecule has 1 saturated carbocycles. The number of fused-ring (bicyclic) bond motifs is 1. The van der Waals surface area contributed by atoms with Crippen molar-refractivity contribution in [1.82, 2.24) is 15.1 Å². The molecule has 126 valence electrons. The molecule has 3 rings (SSSR count). The van der Waals surface area contributed by atoms with Gasteiger partial charge in [0.1, 0.15) is 4.83 Å². The van der Waals surface area contributed by atoms with Crippen LogP contribution in [0, 0.1) is 5.92 Å². The summed E-state index contributed by atoms with van der Waals surface area (Å²) in [6, 6.07) is 2.21. The predicted molar refractivity (Wildman–Crippen MR) is 94.9 cm³/mol. The molecule has 5 nitrogen and oxygen atoms in total. The Balaban J connectivity index is 1.82. The Bertz CT molecular complexity index is 703.